The van der Waals surface area contributed by atoms with E-state index in [0.717, 1.165) is 25.7 Å². The number of hydrogen-bond donors (Lipinski definition) is 2. The van der Waals surface area contributed by atoms with Crippen molar-refractivity contribution >= 4 is 34.7 Å². The van der Waals surface area contributed by atoms with Gasteiger partial charge in [0.25, 0.3) is 5.91 Å². The molecule has 3 aromatic rings. The summed E-state index contributed by atoms with van der Waals surface area (Å²) in [4.78, 5) is 45.5. The fourth-order valence-corrected chi connectivity index (χ4v) is 4.72. The Balaban J connectivity index is 1.63. The van der Waals surface area contributed by atoms with Crippen molar-refractivity contribution in [2.24, 2.45) is 0 Å². The van der Waals surface area contributed by atoms with Crippen molar-refractivity contribution in [1.29, 1.82) is 0 Å². The number of anilines is 1. The molecule has 1 aromatic carbocycles. The van der Waals surface area contributed by atoms with Crippen molar-refractivity contribution in [3.8, 4) is 0 Å². The van der Waals surface area contributed by atoms with Gasteiger partial charge in [0.1, 0.15) is 6.04 Å². The van der Waals surface area contributed by atoms with Crippen LogP contribution in [-0.4, -0.2) is 35.3 Å². The van der Waals surface area contributed by atoms with Crippen molar-refractivity contribution in [2.45, 2.75) is 37.8 Å². The number of pyridine rings is 1. The lowest BCUT2D eigenvalue weighted by Crippen LogP contribution is -2.49. The Labute approximate surface area is 196 Å². The molecule has 1 aliphatic carbocycles. The lowest BCUT2D eigenvalue weighted by molar-refractivity contribution is -0.126. The highest BCUT2D eigenvalue weighted by molar-refractivity contribution is 7.12. The molecule has 0 saturated heterocycles. The predicted octanol–water partition coefficient (Wildman–Crippen LogP) is 3.71. The van der Waals surface area contributed by atoms with E-state index in [1.807, 2.05) is 18.2 Å². The van der Waals surface area contributed by atoms with Crippen LogP contribution in [0.15, 0.2) is 72.4 Å². The molecule has 2 aromatic heterocycles. The number of aromatic nitrogens is 1. The normalized spacial score (nSPS) is 14.4. The summed E-state index contributed by atoms with van der Waals surface area (Å²) in [6.07, 6.45) is 7.26. The van der Waals surface area contributed by atoms with E-state index in [4.69, 9.17) is 0 Å². The highest BCUT2D eigenvalue weighted by atomic mass is 32.1. The molecule has 2 N–H and O–H groups in total. The molecule has 1 saturated carbocycles. The third-order valence-electron chi connectivity index (χ3n) is 5.68. The van der Waals surface area contributed by atoms with Crippen molar-refractivity contribution < 1.29 is 14.4 Å². The van der Waals surface area contributed by atoms with Crippen LogP contribution in [0.3, 0.4) is 0 Å². The molecule has 1 fully saturated rings. The first-order valence-electron chi connectivity index (χ1n) is 11.0. The van der Waals surface area contributed by atoms with Crippen LogP contribution in [0.4, 0.5) is 5.69 Å². The van der Waals surface area contributed by atoms with Gasteiger partial charge < -0.3 is 10.6 Å². The number of nitrogens with one attached hydrogen (secondary N) is 2. The first-order valence-corrected chi connectivity index (χ1v) is 11.9. The second-order valence-electron chi connectivity index (χ2n) is 7.93. The number of para-hydroxylation sites is 1. The molecule has 1 aliphatic rings. The second kappa shape index (κ2) is 10.9. The summed E-state index contributed by atoms with van der Waals surface area (Å²) in [5.74, 6) is -0.938. The van der Waals surface area contributed by atoms with Gasteiger partial charge in [-0.1, -0.05) is 37.1 Å². The van der Waals surface area contributed by atoms with Gasteiger partial charge in [-0.3, -0.25) is 24.3 Å². The molecule has 0 unspecified atom stereocenters. The zero-order chi connectivity index (χ0) is 23.0. The third-order valence-corrected chi connectivity index (χ3v) is 6.55. The molecule has 33 heavy (non-hydrogen) atoms. The van der Waals surface area contributed by atoms with Crippen LogP contribution in [0.5, 0.6) is 0 Å². The SMILES string of the molecule is O=C(NCC(=O)N(c1ccccc1)[C@H](C(=O)NC1CCCC1)c1ccncc1)c1cccs1. The molecule has 0 aliphatic heterocycles. The van der Waals surface area contributed by atoms with Crippen LogP contribution < -0.4 is 15.5 Å². The summed E-state index contributed by atoms with van der Waals surface area (Å²) in [5.41, 5.74) is 1.23. The Kier molecular flexibility index (Phi) is 7.47. The maximum Gasteiger partial charge on any atom is 0.261 e. The van der Waals surface area contributed by atoms with Gasteiger partial charge in [-0.2, -0.15) is 0 Å². The summed E-state index contributed by atoms with van der Waals surface area (Å²) < 4.78 is 0. The molecular weight excluding hydrogens is 436 g/mol. The summed E-state index contributed by atoms with van der Waals surface area (Å²) >= 11 is 1.31. The van der Waals surface area contributed by atoms with E-state index in [0.29, 0.717) is 16.1 Å². The molecule has 0 bridgehead atoms. The van der Waals surface area contributed by atoms with Crippen LogP contribution in [-0.2, 0) is 9.59 Å². The quantitative estimate of drug-likeness (QED) is 0.534. The molecule has 1 atom stereocenters. The Morgan fingerprint density at radius 3 is 2.39 bits per heavy atom. The molecular formula is C25H26N4O3S. The fraction of sp³-hybridized carbons (Fsp3) is 0.280. The van der Waals surface area contributed by atoms with E-state index in [2.05, 4.69) is 15.6 Å². The number of thiophene rings is 1. The molecule has 2 heterocycles. The minimum Gasteiger partial charge on any atom is -0.351 e. The minimum atomic E-state index is -0.887. The van der Waals surface area contributed by atoms with Gasteiger partial charge in [-0.25, -0.2) is 0 Å². The van der Waals surface area contributed by atoms with Gasteiger partial charge in [0, 0.05) is 24.1 Å². The zero-order valence-corrected chi connectivity index (χ0v) is 19.0. The summed E-state index contributed by atoms with van der Waals surface area (Å²) in [6, 6.07) is 15.3. The number of rotatable bonds is 8. The highest BCUT2D eigenvalue weighted by Crippen LogP contribution is 2.29. The molecule has 8 heteroatoms. The van der Waals surface area contributed by atoms with E-state index in [1.54, 1.807) is 54.2 Å². The first kappa shape index (κ1) is 22.7. The van der Waals surface area contributed by atoms with Crippen molar-refractivity contribution in [3.63, 3.8) is 0 Å². The molecule has 7 nitrogen and oxygen atoms in total. The number of nitrogens with zero attached hydrogens (tertiary/aromatic N) is 2. The zero-order valence-electron chi connectivity index (χ0n) is 18.1. The number of carbonyl (C=O) groups is 3. The lowest BCUT2D eigenvalue weighted by atomic mass is 10.0. The molecule has 170 valence electrons. The van der Waals surface area contributed by atoms with Crippen LogP contribution in [0, 0.1) is 0 Å². The van der Waals surface area contributed by atoms with E-state index in [-0.39, 0.29) is 30.3 Å². The smallest absolute Gasteiger partial charge is 0.261 e. The molecule has 3 amide bonds. The van der Waals surface area contributed by atoms with Gasteiger partial charge in [-0.05, 0) is 54.1 Å². The predicted molar refractivity (Wildman–Crippen MR) is 128 cm³/mol. The average molecular weight is 463 g/mol. The molecule has 0 spiro atoms. The lowest BCUT2D eigenvalue weighted by Gasteiger charge is -2.32. The van der Waals surface area contributed by atoms with Gasteiger partial charge in [-0.15, -0.1) is 11.3 Å². The van der Waals surface area contributed by atoms with Crippen LogP contribution in [0.2, 0.25) is 0 Å². The van der Waals surface area contributed by atoms with Crippen molar-refractivity contribution in [2.75, 3.05) is 11.4 Å². The average Bonchev–Trinajstić information content (AvgIpc) is 3.56. The van der Waals surface area contributed by atoms with E-state index < -0.39 is 6.04 Å². The first-order chi connectivity index (χ1) is 16.1. The van der Waals surface area contributed by atoms with Gasteiger partial charge in [0.15, 0.2) is 0 Å². The van der Waals surface area contributed by atoms with Crippen LogP contribution >= 0.6 is 11.3 Å². The van der Waals surface area contributed by atoms with Crippen molar-refractivity contribution in [1.82, 2.24) is 15.6 Å². The maximum atomic E-state index is 13.5. The Morgan fingerprint density at radius 2 is 1.73 bits per heavy atom. The second-order valence-corrected chi connectivity index (χ2v) is 8.88. The van der Waals surface area contributed by atoms with Gasteiger partial charge in [0.05, 0.1) is 11.4 Å². The molecule has 4 rings (SSSR count). The largest absolute Gasteiger partial charge is 0.351 e. The Hall–Kier alpha value is -3.52. The van der Waals surface area contributed by atoms with Gasteiger partial charge in [0.2, 0.25) is 11.8 Å². The van der Waals surface area contributed by atoms with E-state index in [9.17, 15) is 14.4 Å². The topological polar surface area (TPSA) is 91.4 Å². The van der Waals surface area contributed by atoms with Crippen LogP contribution in [0.1, 0.15) is 47.0 Å². The van der Waals surface area contributed by atoms with Crippen LogP contribution in [0.25, 0.3) is 0 Å². The Bertz CT molecular complexity index is 1070. The molecule has 0 radical (unpaired) electrons. The number of carbonyl (C=O) groups excluding carboxylic acids is 3. The summed E-state index contributed by atoms with van der Waals surface area (Å²) in [7, 11) is 0. The minimum absolute atomic E-state index is 0.105. The third kappa shape index (κ3) is 5.64. The number of amides is 3. The maximum absolute atomic E-state index is 13.5. The Morgan fingerprint density at radius 1 is 1.00 bits per heavy atom. The fourth-order valence-electron chi connectivity index (χ4n) is 4.08. The standard InChI is InChI=1S/C25H26N4O3S/c30-22(17-27-24(31)21-11-6-16-33-21)29(20-9-2-1-3-10-20)23(18-12-14-26-15-13-18)25(32)28-19-7-4-5-8-19/h1-3,6,9-16,19,23H,4-5,7-8,17H2,(H,27,31)(H,28,32)/t23-/m0/s1. The van der Waals surface area contributed by atoms with E-state index >= 15 is 0 Å². The van der Waals surface area contributed by atoms with E-state index in [1.165, 1.54) is 16.2 Å². The summed E-state index contributed by atoms with van der Waals surface area (Å²) in [5, 5.41) is 7.63. The highest BCUT2D eigenvalue weighted by Gasteiger charge is 2.34. The van der Waals surface area contributed by atoms with Gasteiger partial charge >= 0.3 is 0 Å². The summed E-state index contributed by atoms with van der Waals surface area (Å²) in [6.45, 7) is -0.232. The monoisotopic (exact) mass is 462 g/mol. The number of benzene rings is 1. The number of hydrogen-bond acceptors (Lipinski definition) is 5. The van der Waals surface area contributed by atoms with Crippen molar-refractivity contribution in [3.05, 3.63) is 82.8 Å².